The van der Waals surface area contributed by atoms with Crippen molar-refractivity contribution in [2.75, 3.05) is 11.1 Å². The smallest absolute Gasteiger partial charge is 0.238 e. The van der Waals surface area contributed by atoms with Crippen molar-refractivity contribution in [2.24, 2.45) is 0 Å². The number of carbonyl (C=O) groups excluding carboxylic acids is 2. The molecule has 1 atom stereocenters. The lowest BCUT2D eigenvalue weighted by Crippen LogP contribution is -2.28. The first-order chi connectivity index (χ1) is 12.5. The van der Waals surface area contributed by atoms with E-state index >= 15 is 0 Å². The average molecular weight is 390 g/mol. The van der Waals surface area contributed by atoms with Gasteiger partial charge in [-0.25, -0.2) is 4.98 Å². The number of nitrogens with one attached hydrogen (secondary N) is 2. The van der Waals surface area contributed by atoms with E-state index in [2.05, 4.69) is 20.8 Å². The maximum atomic E-state index is 12.1. The Balaban J connectivity index is 1.42. The van der Waals surface area contributed by atoms with Gasteiger partial charge >= 0.3 is 0 Å². The van der Waals surface area contributed by atoms with Crippen molar-refractivity contribution in [3.63, 3.8) is 0 Å². The SMILES string of the molecule is Cc1cc(NC(=O)C(C)SCC(=O)NCc2nc3ccccc3s2)no1. The third-order valence-electron chi connectivity index (χ3n) is 3.49. The van der Waals surface area contributed by atoms with E-state index in [0.717, 1.165) is 15.2 Å². The van der Waals surface area contributed by atoms with Gasteiger partial charge in [-0.05, 0) is 26.0 Å². The molecule has 9 heteroatoms. The summed E-state index contributed by atoms with van der Waals surface area (Å²) in [4.78, 5) is 28.5. The molecule has 3 aromatic rings. The van der Waals surface area contributed by atoms with Crippen molar-refractivity contribution in [2.45, 2.75) is 25.6 Å². The standard InChI is InChI=1S/C17H18N4O3S2/c1-10-7-14(21-24-10)20-17(23)11(2)25-9-15(22)18-8-16-19-12-5-3-4-6-13(12)26-16/h3-7,11H,8-9H2,1-2H3,(H,18,22)(H,20,21,23). The summed E-state index contributed by atoms with van der Waals surface area (Å²) in [5.74, 6) is 0.834. The first-order valence-corrected chi connectivity index (χ1v) is 9.85. The van der Waals surface area contributed by atoms with Gasteiger partial charge in [-0.15, -0.1) is 23.1 Å². The fraction of sp³-hybridized carbons (Fsp3) is 0.294. The van der Waals surface area contributed by atoms with Crippen LogP contribution in [0.25, 0.3) is 10.2 Å². The molecule has 0 aliphatic rings. The van der Waals surface area contributed by atoms with E-state index in [1.807, 2.05) is 24.3 Å². The molecule has 3 rings (SSSR count). The minimum atomic E-state index is -0.389. The summed E-state index contributed by atoms with van der Waals surface area (Å²) in [6, 6.07) is 9.49. The molecule has 0 spiro atoms. The van der Waals surface area contributed by atoms with Gasteiger partial charge in [0, 0.05) is 6.07 Å². The number of thiazole rings is 1. The number of fused-ring (bicyclic) bond motifs is 1. The van der Waals surface area contributed by atoms with Crippen molar-refractivity contribution in [1.82, 2.24) is 15.5 Å². The van der Waals surface area contributed by atoms with Crippen molar-refractivity contribution >= 4 is 50.9 Å². The molecule has 2 N–H and O–H groups in total. The van der Waals surface area contributed by atoms with Crippen LogP contribution in [0.2, 0.25) is 0 Å². The van der Waals surface area contributed by atoms with Gasteiger partial charge in [0.2, 0.25) is 11.8 Å². The number of benzene rings is 1. The lowest BCUT2D eigenvalue weighted by molar-refractivity contribution is -0.118. The zero-order valence-corrected chi connectivity index (χ0v) is 15.9. The van der Waals surface area contributed by atoms with Crippen LogP contribution in [0, 0.1) is 6.92 Å². The molecule has 26 heavy (non-hydrogen) atoms. The maximum Gasteiger partial charge on any atom is 0.238 e. The molecule has 136 valence electrons. The normalized spacial score (nSPS) is 12.1. The summed E-state index contributed by atoms with van der Waals surface area (Å²) in [7, 11) is 0. The van der Waals surface area contributed by atoms with Crippen LogP contribution in [-0.4, -0.2) is 33.0 Å². The maximum absolute atomic E-state index is 12.1. The van der Waals surface area contributed by atoms with E-state index < -0.39 is 0 Å². The van der Waals surface area contributed by atoms with E-state index in [0.29, 0.717) is 18.1 Å². The minimum Gasteiger partial charge on any atom is -0.360 e. The summed E-state index contributed by atoms with van der Waals surface area (Å²) in [6.45, 7) is 3.88. The molecular formula is C17H18N4O3S2. The fourth-order valence-corrected chi connectivity index (χ4v) is 3.77. The van der Waals surface area contributed by atoms with Crippen LogP contribution in [0.1, 0.15) is 17.7 Å². The second kappa shape index (κ2) is 8.33. The molecule has 0 aliphatic carbocycles. The lowest BCUT2D eigenvalue weighted by atomic mass is 10.3. The number of aromatic nitrogens is 2. The zero-order valence-electron chi connectivity index (χ0n) is 14.3. The molecule has 2 aromatic heterocycles. The van der Waals surface area contributed by atoms with Gasteiger partial charge in [0.05, 0.1) is 27.8 Å². The number of aryl methyl sites for hydroxylation is 1. The van der Waals surface area contributed by atoms with Crippen LogP contribution in [0.15, 0.2) is 34.9 Å². The second-order valence-electron chi connectivity index (χ2n) is 5.62. The highest BCUT2D eigenvalue weighted by molar-refractivity contribution is 8.01. The van der Waals surface area contributed by atoms with Crippen LogP contribution < -0.4 is 10.6 Å². The summed E-state index contributed by atoms with van der Waals surface area (Å²) < 4.78 is 6.00. The van der Waals surface area contributed by atoms with E-state index in [-0.39, 0.29) is 22.8 Å². The van der Waals surface area contributed by atoms with Crippen LogP contribution in [-0.2, 0) is 16.1 Å². The molecule has 0 fully saturated rings. The monoisotopic (exact) mass is 390 g/mol. The summed E-state index contributed by atoms with van der Waals surface area (Å²) >= 11 is 2.82. The number of para-hydroxylation sites is 1. The van der Waals surface area contributed by atoms with Crippen molar-refractivity contribution < 1.29 is 14.1 Å². The van der Waals surface area contributed by atoms with Gasteiger partial charge in [-0.2, -0.15) is 0 Å². The molecule has 0 saturated carbocycles. The number of carbonyl (C=O) groups is 2. The molecule has 1 aromatic carbocycles. The van der Waals surface area contributed by atoms with E-state index in [1.165, 1.54) is 11.8 Å². The summed E-state index contributed by atoms with van der Waals surface area (Å²) in [5, 5.41) is 9.67. The minimum absolute atomic E-state index is 0.133. The average Bonchev–Trinajstić information content (AvgIpc) is 3.23. The zero-order chi connectivity index (χ0) is 18.5. The highest BCUT2D eigenvalue weighted by Gasteiger charge is 2.17. The number of amides is 2. The Morgan fingerprint density at radius 3 is 2.88 bits per heavy atom. The van der Waals surface area contributed by atoms with Gasteiger partial charge in [-0.3, -0.25) is 9.59 Å². The van der Waals surface area contributed by atoms with Crippen LogP contribution in [0.5, 0.6) is 0 Å². The van der Waals surface area contributed by atoms with Gasteiger partial charge in [-0.1, -0.05) is 17.3 Å². The molecule has 1 unspecified atom stereocenters. The molecule has 0 radical (unpaired) electrons. The van der Waals surface area contributed by atoms with Gasteiger partial charge in [0.1, 0.15) is 10.8 Å². The number of hydrogen-bond acceptors (Lipinski definition) is 7. The molecule has 0 bridgehead atoms. The Bertz CT molecular complexity index is 889. The summed E-state index contributed by atoms with van der Waals surface area (Å²) in [6.07, 6.45) is 0. The molecule has 2 heterocycles. The van der Waals surface area contributed by atoms with Crippen LogP contribution in [0.3, 0.4) is 0 Å². The second-order valence-corrected chi connectivity index (χ2v) is 8.06. The topological polar surface area (TPSA) is 97.1 Å². The van der Waals surface area contributed by atoms with E-state index in [4.69, 9.17) is 4.52 Å². The Morgan fingerprint density at radius 2 is 2.15 bits per heavy atom. The highest BCUT2D eigenvalue weighted by atomic mass is 32.2. The molecule has 0 saturated heterocycles. The van der Waals surface area contributed by atoms with Crippen LogP contribution in [0.4, 0.5) is 5.82 Å². The largest absolute Gasteiger partial charge is 0.360 e. The Morgan fingerprint density at radius 1 is 1.35 bits per heavy atom. The van der Waals surface area contributed by atoms with Gasteiger partial charge in [0.15, 0.2) is 5.82 Å². The van der Waals surface area contributed by atoms with Gasteiger partial charge in [0.25, 0.3) is 0 Å². The Kier molecular flexibility index (Phi) is 5.89. The highest BCUT2D eigenvalue weighted by Crippen LogP contribution is 2.21. The third kappa shape index (κ3) is 4.83. The first kappa shape index (κ1) is 18.4. The Hall–Kier alpha value is -2.39. The third-order valence-corrected chi connectivity index (χ3v) is 5.67. The van der Waals surface area contributed by atoms with Crippen molar-refractivity contribution in [1.29, 1.82) is 0 Å². The predicted octanol–water partition coefficient (Wildman–Crippen LogP) is 2.97. The molecule has 2 amide bonds. The number of rotatable bonds is 7. The van der Waals surface area contributed by atoms with E-state index in [1.54, 1.807) is 31.3 Å². The predicted molar refractivity (Wildman–Crippen MR) is 103 cm³/mol. The molecule has 0 aliphatic heterocycles. The van der Waals surface area contributed by atoms with Gasteiger partial charge < -0.3 is 15.2 Å². The number of thioether (sulfide) groups is 1. The van der Waals surface area contributed by atoms with Crippen LogP contribution >= 0.6 is 23.1 Å². The Labute approximate surface area is 158 Å². The number of anilines is 1. The molecular weight excluding hydrogens is 372 g/mol. The fourth-order valence-electron chi connectivity index (χ4n) is 2.15. The summed E-state index contributed by atoms with van der Waals surface area (Å²) in [5.41, 5.74) is 0.935. The quantitative estimate of drug-likeness (QED) is 0.644. The lowest BCUT2D eigenvalue weighted by Gasteiger charge is -2.10. The first-order valence-electron chi connectivity index (χ1n) is 7.98. The number of nitrogens with zero attached hydrogens (tertiary/aromatic N) is 2. The molecule has 7 nitrogen and oxygen atoms in total. The van der Waals surface area contributed by atoms with Crippen molar-refractivity contribution in [3.8, 4) is 0 Å². The van der Waals surface area contributed by atoms with Crippen molar-refractivity contribution in [3.05, 3.63) is 41.1 Å². The van der Waals surface area contributed by atoms with E-state index in [9.17, 15) is 9.59 Å². The number of hydrogen-bond donors (Lipinski definition) is 2.